The second-order valence-electron chi connectivity index (χ2n) is 3.71. The van der Waals surface area contributed by atoms with Gasteiger partial charge in [0, 0.05) is 24.2 Å². The maximum absolute atomic E-state index is 12.2. The van der Waals surface area contributed by atoms with Gasteiger partial charge in [-0.05, 0) is 12.1 Å². The van der Waals surface area contributed by atoms with Crippen molar-refractivity contribution >= 4 is 23.2 Å². The molecule has 0 bridgehead atoms. The van der Waals surface area contributed by atoms with Crippen molar-refractivity contribution in [3.05, 3.63) is 64.2 Å². The monoisotopic (exact) mass is 280 g/mol. The Morgan fingerprint density at radius 1 is 1.37 bits per heavy atom. The molecule has 0 fully saturated rings. The molecule has 100 valence electrons. The Morgan fingerprint density at radius 3 is 2.42 bits per heavy atom. The molecule has 19 heavy (non-hydrogen) atoms. The van der Waals surface area contributed by atoms with Crippen LogP contribution in [0.4, 0.5) is 5.69 Å². The van der Waals surface area contributed by atoms with Crippen molar-refractivity contribution in [2.75, 3.05) is 13.1 Å². The number of hydrogen-bond donors (Lipinski definition) is 0. The second kappa shape index (κ2) is 6.70. The Balaban J connectivity index is 3.19. The Morgan fingerprint density at radius 2 is 1.95 bits per heavy atom. The molecule has 6 heteroatoms. The van der Waals surface area contributed by atoms with Gasteiger partial charge in [-0.2, -0.15) is 0 Å². The van der Waals surface area contributed by atoms with Gasteiger partial charge in [-0.15, -0.1) is 13.2 Å². The van der Waals surface area contributed by atoms with Crippen LogP contribution in [0.5, 0.6) is 0 Å². The molecule has 1 rings (SSSR count). The van der Waals surface area contributed by atoms with Crippen LogP contribution in [-0.2, 0) is 0 Å². The highest BCUT2D eigenvalue weighted by molar-refractivity contribution is 6.31. The zero-order valence-electron chi connectivity index (χ0n) is 10.2. The third-order valence-corrected chi connectivity index (χ3v) is 2.61. The average molecular weight is 281 g/mol. The lowest BCUT2D eigenvalue weighted by Gasteiger charge is -2.19. The molecule has 0 N–H and O–H groups in total. The van der Waals surface area contributed by atoms with Gasteiger partial charge in [0.15, 0.2) is 0 Å². The van der Waals surface area contributed by atoms with Crippen molar-refractivity contribution in [2.24, 2.45) is 0 Å². The van der Waals surface area contributed by atoms with E-state index in [9.17, 15) is 14.9 Å². The van der Waals surface area contributed by atoms with E-state index in [0.29, 0.717) is 0 Å². The number of carbonyl (C=O) groups excluding carboxylic acids is 1. The Kier molecular flexibility index (Phi) is 5.26. The lowest BCUT2D eigenvalue weighted by atomic mass is 10.1. The van der Waals surface area contributed by atoms with Crippen molar-refractivity contribution < 1.29 is 9.72 Å². The molecule has 0 aliphatic heterocycles. The van der Waals surface area contributed by atoms with Crippen LogP contribution in [0.15, 0.2) is 43.5 Å². The summed E-state index contributed by atoms with van der Waals surface area (Å²) in [6.45, 7) is 7.66. The van der Waals surface area contributed by atoms with E-state index in [0.717, 1.165) is 6.07 Å². The number of nitro benzene ring substituents is 1. The Hall–Kier alpha value is -2.14. The summed E-state index contributed by atoms with van der Waals surface area (Å²) >= 11 is 5.71. The van der Waals surface area contributed by atoms with Crippen LogP contribution < -0.4 is 0 Å². The van der Waals surface area contributed by atoms with Crippen molar-refractivity contribution in [3.8, 4) is 0 Å². The van der Waals surface area contributed by atoms with E-state index in [1.165, 1.54) is 17.0 Å². The molecule has 0 aliphatic carbocycles. The fraction of sp³-hybridized carbons (Fsp3) is 0.154. The van der Waals surface area contributed by atoms with Gasteiger partial charge in [-0.25, -0.2) is 0 Å². The van der Waals surface area contributed by atoms with E-state index in [-0.39, 0.29) is 29.4 Å². The van der Waals surface area contributed by atoms with Crippen LogP contribution in [0, 0.1) is 10.1 Å². The molecular weight excluding hydrogens is 268 g/mol. The fourth-order valence-electron chi connectivity index (χ4n) is 1.56. The van der Waals surface area contributed by atoms with Crippen LogP contribution in [-0.4, -0.2) is 28.8 Å². The molecule has 5 nitrogen and oxygen atoms in total. The van der Waals surface area contributed by atoms with Gasteiger partial charge in [0.1, 0.15) is 5.56 Å². The summed E-state index contributed by atoms with van der Waals surface area (Å²) in [7, 11) is 0. The number of carbonyl (C=O) groups is 1. The summed E-state index contributed by atoms with van der Waals surface area (Å²) in [5.41, 5.74) is -0.311. The fourth-order valence-corrected chi connectivity index (χ4v) is 1.73. The predicted molar refractivity (Wildman–Crippen MR) is 74.4 cm³/mol. The standard InChI is InChI=1S/C13H13ClN2O3/c1-3-7-15(8-4-2)13(17)11-6-5-10(14)9-12(11)16(18)19/h3-6,9H,1-2,7-8H2. The molecule has 1 amide bonds. The molecule has 0 spiro atoms. The third-order valence-electron chi connectivity index (χ3n) is 2.37. The molecule has 0 radical (unpaired) electrons. The highest BCUT2D eigenvalue weighted by atomic mass is 35.5. The van der Waals surface area contributed by atoms with E-state index >= 15 is 0 Å². The van der Waals surface area contributed by atoms with Gasteiger partial charge in [0.2, 0.25) is 0 Å². The van der Waals surface area contributed by atoms with Gasteiger partial charge in [0.05, 0.1) is 4.92 Å². The van der Waals surface area contributed by atoms with Gasteiger partial charge in [0.25, 0.3) is 11.6 Å². The first kappa shape index (κ1) is 14.9. The SMILES string of the molecule is C=CCN(CC=C)C(=O)c1ccc(Cl)cc1[N+](=O)[O-]. The highest BCUT2D eigenvalue weighted by Crippen LogP contribution is 2.24. The van der Waals surface area contributed by atoms with Crippen molar-refractivity contribution in [2.45, 2.75) is 0 Å². The molecule has 0 saturated heterocycles. The number of rotatable bonds is 6. The summed E-state index contributed by atoms with van der Waals surface area (Å²) < 4.78 is 0. The number of nitro groups is 1. The van der Waals surface area contributed by atoms with Crippen LogP contribution in [0.3, 0.4) is 0 Å². The molecule has 0 aromatic heterocycles. The summed E-state index contributed by atoms with van der Waals surface area (Å²) in [4.78, 5) is 24.0. The highest BCUT2D eigenvalue weighted by Gasteiger charge is 2.23. The van der Waals surface area contributed by atoms with E-state index < -0.39 is 10.8 Å². The van der Waals surface area contributed by atoms with Gasteiger partial charge in [-0.1, -0.05) is 23.8 Å². The van der Waals surface area contributed by atoms with Crippen LogP contribution >= 0.6 is 11.6 Å². The summed E-state index contributed by atoms with van der Waals surface area (Å²) in [5, 5.41) is 11.2. The topological polar surface area (TPSA) is 63.5 Å². The average Bonchev–Trinajstić information content (AvgIpc) is 2.37. The minimum absolute atomic E-state index is 0.00176. The first-order chi connectivity index (χ1) is 9.01. The van der Waals surface area contributed by atoms with E-state index in [2.05, 4.69) is 13.2 Å². The number of halogens is 1. The van der Waals surface area contributed by atoms with Crippen LogP contribution in [0.1, 0.15) is 10.4 Å². The molecule has 0 saturated carbocycles. The quantitative estimate of drug-likeness (QED) is 0.457. The largest absolute Gasteiger partial charge is 0.331 e. The van der Waals surface area contributed by atoms with Crippen molar-refractivity contribution in [3.63, 3.8) is 0 Å². The lowest BCUT2D eigenvalue weighted by molar-refractivity contribution is -0.385. The molecular formula is C13H13ClN2O3. The first-order valence-electron chi connectivity index (χ1n) is 5.46. The molecule has 1 aromatic carbocycles. The first-order valence-corrected chi connectivity index (χ1v) is 5.84. The molecule has 1 aromatic rings. The molecule has 0 heterocycles. The summed E-state index contributed by atoms with van der Waals surface area (Å²) in [6, 6.07) is 3.96. The van der Waals surface area contributed by atoms with Gasteiger partial charge in [-0.3, -0.25) is 14.9 Å². The number of nitrogens with zero attached hydrogens (tertiary/aromatic N) is 2. The van der Waals surface area contributed by atoms with Crippen LogP contribution in [0.25, 0.3) is 0 Å². The Bertz CT molecular complexity index is 519. The van der Waals surface area contributed by atoms with E-state index in [4.69, 9.17) is 11.6 Å². The molecule has 0 aliphatic rings. The zero-order valence-corrected chi connectivity index (χ0v) is 11.0. The Labute approximate surface area is 115 Å². The maximum Gasteiger partial charge on any atom is 0.283 e. The minimum Gasteiger partial charge on any atom is -0.331 e. The van der Waals surface area contributed by atoms with Gasteiger partial charge >= 0.3 is 0 Å². The summed E-state index contributed by atoms with van der Waals surface area (Å²) in [5.74, 6) is -0.455. The van der Waals surface area contributed by atoms with E-state index in [1.54, 1.807) is 12.2 Å². The normalized spacial score (nSPS) is 9.74. The van der Waals surface area contributed by atoms with E-state index in [1.807, 2.05) is 0 Å². The second-order valence-corrected chi connectivity index (χ2v) is 4.14. The van der Waals surface area contributed by atoms with Gasteiger partial charge < -0.3 is 4.90 Å². The summed E-state index contributed by atoms with van der Waals surface area (Å²) in [6.07, 6.45) is 3.09. The third kappa shape index (κ3) is 3.66. The maximum atomic E-state index is 12.2. The zero-order chi connectivity index (χ0) is 14.4. The van der Waals surface area contributed by atoms with Crippen molar-refractivity contribution in [1.82, 2.24) is 4.90 Å². The number of benzene rings is 1. The number of amides is 1. The van der Waals surface area contributed by atoms with Crippen LogP contribution in [0.2, 0.25) is 5.02 Å². The minimum atomic E-state index is -0.626. The lowest BCUT2D eigenvalue weighted by Crippen LogP contribution is -2.31. The molecule has 0 unspecified atom stereocenters. The number of hydrogen-bond acceptors (Lipinski definition) is 3. The predicted octanol–water partition coefficient (Wildman–Crippen LogP) is 3.06. The van der Waals surface area contributed by atoms with Crippen molar-refractivity contribution in [1.29, 1.82) is 0 Å². The molecule has 0 atom stereocenters. The smallest absolute Gasteiger partial charge is 0.283 e.